The molecule has 104 valence electrons. The zero-order valence-corrected chi connectivity index (χ0v) is 10.8. The second-order valence-corrected chi connectivity index (χ2v) is 3.93. The SMILES string of the molecule is COC(=O)C1COCCN1c1cc(OC)nc(N)n1. The Kier molecular flexibility index (Phi) is 4.00. The summed E-state index contributed by atoms with van der Waals surface area (Å²) < 4.78 is 15.1. The van der Waals surface area contributed by atoms with E-state index in [2.05, 4.69) is 9.97 Å². The van der Waals surface area contributed by atoms with Crippen molar-refractivity contribution in [1.29, 1.82) is 0 Å². The maximum absolute atomic E-state index is 11.7. The summed E-state index contributed by atoms with van der Waals surface area (Å²) in [6, 6.07) is 1.08. The topological polar surface area (TPSA) is 99.8 Å². The van der Waals surface area contributed by atoms with Crippen molar-refractivity contribution in [2.75, 3.05) is 44.6 Å². The Morgan fingerprint density at radius 1 is 1.53 bits per heavy atom. The van der Waals surface area contributed by atoms with Crippen molar-refractivity contribution in [2.24, 2.45) is 0 Å². The zero-order valence-electron chi connectivity index (χ0n) is 10.8. The number of nitrogen functional groups attached to an aromatic ring is 1. The van der Waals surface area contributed by atoms with E-state index >= 15 is 0 Å². The number of rotatable bonds is 3. The van der Waals surface area contributed by atoms with Crippen LogP contribution in [0.5, 0.6) is 5.88 Å². The predicted octanol–water partition coefficient (Wildman–Crippen LogP) is -0.554. The minimum atomic E-state index is -0.544. The number of hydrogen-bond donors (Lipinski definition) is 1. The number of carbonyl (C=O) groups excluding carboxylic acids is 1. The maximum Gasteiger partial charge on any atom is 0.330 e. The lowest BCUT2D eigenvalue weighted by Gasteiger charge is -2.34. The average molecular weight is 268 g/mol. The van der Waals surface area contributed by atoms with Gasteiger partial charge in [-0.05, 0) is 0 Å². The monoisotopic (exact) mass is 268 g/mol. The fourth-order valence-corrected chi connectivity index (χ4v) is 1.89. The first-order valence-electron chi connectivity index (χ1n) is 5.76. The number of methoxy groups -OCH3 is 2. The third kappa shape index (κ3) is 2.84. The van der Waals surface area contributed by atoms with Crippen LogP contribution in [0.3, 0.4) is 0 Å². The van der Waals surface area contributed by atoms with Crippen molar-refractivity contribution < 1.29 is 19.0 Å². The van der Waals surface area contributed by atoms with Crippen LogP contribution in [-0.2, 0) is 14.3 Å². The quantitative estimate of drug-likeness (QED) is 0.729. The molecule has 1 atom stereocenters. The Labute approximate surface area is 110 Å². The van der Waals surface area contributed by atoms with Gasteiger partial charge in [0.1, 0.15) is 5.82 Å². The number of ether oxygens (including phenoxy) is 3. The van der Waals surface area contributed by atoms with Crippen LogP contribution >= 0.6 is 0 Å². The molecule has 1 fully saturated rings. The second-order valence-electron chi connectivity index (χ2n) is 3.93. The van der Waals surface area contributed by atoms with Crippen LogP contribution in [0, 0.1) is 0 Å². The lowest BCUT2D eigenvalue weighted by Crippen LogP contribution is -2.51. The highest BCUT2D eigenvalue weighted by Gasteiger charge is 2.31. The molecule has 1 unspecified atom stereocenters. The van der Waals surface area contributed by atoms with Gasteiger partial charge in [0, 0.05) is 12.6 Å². The van der Waals surface area contributed by atoms with E-state index in [4.69, 9.17) is 19.9 Å². The van der Waals surface area contributed by atoms with E-state index in [9.17, 15) is 4.79 Å². The van der Waals surface area contributed by atoms with Gasteiger partial charge in [0.15, 0.2) is 6.04 Å². The van der Waals surface area contributed by atoms with Crippen LogP contribution in [0.4, 0.5) is 11.8 Å². The molecule has 2 N–H and O–H groups in total. The molecular weight excluding hydrogens is 252 g/mol. The fourth-order valence-electron chi connectivity index (χ4n) is 1.89. The molecule has 0 bridgehead atoms. The van der Waals surface area contributed by atoms with Crippen molar-refractivity contribution in [3.8, 4) is 5.88 Å². The Morgan fingerprint density at radius 3 is 3.00 bits per heavy atom. The van der Waals surface area contributed by atoms with E-state index in [0.717, 1.165) is 0 Å². The molecule has 2 heterocycles. The number of aromatic nitrogens is 2. The van der Waals surface area contributed by atoms with Crippen molar-refractivity contribution in [3.63, 3.8) is 0 Å². The molecule has 8 heteroatoms. The van der Waals surface area contributed by atoms with Crippen LogP contribution in [0.25, 0.3) is 0 Å². The number of nitrogens with zero attached hydrogens (tertiary/aromatic N) is 3. The molecule has 8 nitrogen and oxygen atoms in total. The highest BCUT2D eigenvalue weighted by molar-refractivity contribution is 5.80. The molecule has 1 aliphatic heterocycles. The molecule has 0 spiro atoms. The molecule has 0 aromatic carbocycles. The largest absolute Gasteiger partial charge is 0.481 e. The van der Waals surface area contributed by atoms with Gasteiger partial charge in [-0.25, -0.2) is 4.79 Å². The third-order valence-electron chi connectivity index (χ3n) is 2.81. The molecule has 19 heavy (non-hydrogen) atoms. The summed E-state index contributed by atoms with van der Waals surface area (Å²) in [6.45, 7) is 1.26. The van der Waals surface area contributed by atoms with Gasteiger partial charge in [-0.3, -0.25) is 0 Å². The van der Waals surface area contributed by atoms with E-state index < -0.39 is 6.04 Å². The number of morpholine rings is 1. The molecule has 0 radical (unpaired) electrons. The molecule has 0 amide bonds. The molecular formula is C11H16N4O4. The summed E-state index contributed by atoms with van der Waals surface area (Å²) in [5, 5.41) is 0. The Morgan fingerprint density at radius 2 is 2.32 bits per heavy atom. The van der Waals surface area contributed by atoms with E-state index in [1.807, 2.05) is 0 Å². The van der Waals surface area contributed by atoms with Gasteiger partial charge in [0.2, 0.25) is 11.8 Å². The highest BCUT2D eigenvalue weighted by Crippen LogP contribution is 2.22. The number of carbonyl (C=O) groups is 1. The first-order valence-corrected chi connectivity index (χ1v) is 5.76. The van der Waals surface area contributed by atoms with Crippen molar-refractivity contribution in [3.05, 3.63) is 6.07 Å². The van der Waals surface area contributed by atoms with Crippen molar-refractivity contribution in [2.45, 2.75) is 6.04 Å². The van der Waals surface area contributed by atoms with Crippen LogP contribution in [0.1, 0.15) is 0 Å². The third-order valence-corrected chi connectivity index (χ3v) is 2.81. The lowest BCUT2D eigenvalue weighted by atomic mass is 10.2. The van der Waals surface area contributed by atoms with Gasteiger partial charge in [0.25, 0.3) is 0 Å². The van der Waals surface area contributed by atoms with Gasteiger partial charge in [0.05, 0.1) is 27.4 Å². The van der Waals surface area contributed by atoms with Gasteiger partial charge >= 0.3 is 5.97 Å². The summed E-state index contributed by atoms with van der Waals surface area (Å²) in [4.78, 5) is 21.5. The summed E-state index contributed by atoms with van der Waals surface area (Å²) in [6.07, 6.45) is 0. The first-order chi connectivity index (χ1) is 9.15. The minimum Gasteiger partial charge on any atom is -0.481 e. The van der Waals surface area contributed by atoms with Gasteiger partial charge in [-0.2, -0.15) is 9.97 Å². The van der Waals surface area contributed by atoms with Gasteiger partial charge < -0.3 is 24.8 Å². The summed E-state index contributed by atoms with van der Waals surface area (Å²) >= 11 is 0. The van der Waals surface area contributed by atoms with Gasteiger partial charge in [-0.1, -0.05) is 0 Å². The van der Waals surface area contributed by atoms with Crippen molar-refractivity contribution in [1.82, 2.24) is 9.97 Å². The minimum absolute atomic E-state index is 0.0875. The zero-order chi connectivity index (χ0) is 13.8. The Balaban J connectivity index is 2.31. The summed E-state index contributed by atoms with van der Waals surface area (Å²) in [5.74, 6) is 0.570. The molecule has 1 aliphatic rings. The first kappa shape index (κ1) is 13.3. The van der Waals surface area contributed by atoms with Gasteiger partial charge in [-0.15, -0.1) is 0 Å². The fraction of sp³-hybridized carbons (Fsp3) is 0.545. The van der Waals surface area contributed by atoms with Crippen LogP contribution in [0.15, 0.2) is 6.07 Å². The summed E-state index contributed by atoms with van der Waals surface area (Å²) in [5.41, 5.74) is 5.62. The Bertz CT molecular complexity index is 468. The number of anilines is 2. The number of esters is 1. The van der Waals surface area contributed by atoms with Crippen LogP contribution < -0.4 is 15.4 Å². The normalized spacial score (nSPS) is 19.1. The van der Waals surface area contributed by atoms with Crippen molar-refractivity contribution >= 4 is 17.7 Å². The maximum atomic E-state index is 11.7. The standard InChI is InChI=1S/C11H16N4O4/c1-17-9-5-8(13-11(12)14-9)15-3-4-19-6-7(15)10(16)18-2/h5,7H,3-4,6H2,1-2H3,(H2,12,13,14). The molecule has 1 saturated heterocycles. The summed E-state index contributed by atoms with van der Waals surface area (Å²) in [7, 11) is 2.83. The lowest BCUT2D eigenvalue weighted by molar-refractivity contribution is -0.144. The predicted molar refractivity (Wildman–Crippen MR) is 67.0 cm³/mol. The van der Waals surface area contributed by atoms with Crippen LogP contribution in [-0.4, -0.2) is 56.0 Å². The number of nitrogens with two attached hydrogens (primary N) is 1. The van der Waals surface area contributed by atoms with E-state index in [1.165, 1.54) is 14.2 Å². The highest BCUT2D eigenvalue weighted by atomic mass is 16.5. The van der Waals surface area contributed by atoms with E-state index in [-0.39, 0.29) is 18.5 Å². The smallest absolute Gasteiger partial charge is 0.330 e. The second kappa shape index (κ2) is 5.70. The molecule has 1 aromatic rings. The molecule has 0 saturated carbocycles. The van der Waals surface area contributed by atoms with E-state index in [1.54, 1.807) is 11.0 Å². The molecule has 1 aromatic heterocycles. The number of hydrogen-bond acceptors (Lipinski definition) is 8. The molecule has 2 rings (SSSR count). The molecule has 0 aliphatic carbocycles. The van der Waals surface area contributed by atoms with E-state index in [0.29, 0.717) is 24.8 Å². The average Bonchev–Trinajstić information content (AvgIpc) is 2.45. The Hall–Kier alpha value is -2.09. The van der Waals surface area contributed by atoms with Crippen LogP contribution in [0.2, 0.25) is 0 Å².